The van der Waals surface area contributed by atoms with E-state index >= 15 is 0 Å². The highest BCUT2D eigenvalue weighted by Gasteiger charge is 2.32. The Kier molecular flexibility index (Phi) is 6.11. The smallest absolute Gasteiger partial charge is 0.227 e. The lowest BCUT2D eigenvalue weighted by Gasteiger charge is -2.34. The van der Waals surface area contributed by atoms with Gasteiger partial charge in [0.2, 0.25) is 11.8 Å². The topological polar surface area (TPSA) is 71.3 Å². The Morgan fingerprint density at radius 2 is 2.07 bits per heavy atom. The Bertz CT molecular complexity index is 805. The Hall–Kier alpha value is -2.41. The molecule has 1 aromatic heterocycles. The number of hydrogen-bond donors (Lipinski definition) is 0. The molecule has 27 heavy (non-hydrogen) atoms. The first kappa shape index (κ1) is 19.4. The highest BCUT2D eigenvalue weighted by molar-refractivity contribution is 6.30. The van der Waals surface area contributed by atoms with Crippen LogP contribution in [0.2, 0.25) is 5.02 Å². The van der Waals surface area contributed by atoms with Gasteiger partial charge in [-0.3, -0.25) is 9.59 Å². The van der Waals surface area contributed by atoms with Crippen molar-refractivity contribution in [2.45, 2.75) is 39.4 Å². The Balaban J connectivity index is 1.62. The number of amides is 2. The fourth-order valence-corrected chi connectivity index (χ4v) is 3.47. The quantitative estimate of drug-likeness (QED) is 0.760. The normalized spacial score (nSPS) is 17.2. The van der Waals surface area contributed by atoms with Gasteiger partial charge in [0.05, 0.1) is 12.5 Å². The highest BCUT2D eigenvalue weighted by atomic mass is 35.5. The molecular formula is C19H24ClN5O2. The molecule has 1 aliphatic heterocycles. The van der Waals surface area contributed by atoms with Crippen LogP contribution in [0.4, 0.5) is 0 Å². The minimum absolute atomic E-state index is 0.0364. The van der Waals surface area contributed by atoms with Crippen LogP contribution in [0.5, 0.6) is 0 Å². The third kappa shape index (κ3) is 4.66. The van der Waals surface area contributed by atoms with Gasteiger partial charge in [-0.2, -0.15) is 0 Å². The number of carbonyl (C=O) groups is 2. The summed E-state index contributed by atoms with van der Waals surface area (Å²) < 4.78 is 1.92. The third-order valence-electron chi connectivity index (χ3n) is 4.93. The van der Waals surface area contributed by atoms with Crippen LogP contribution >= 0.6 is 11.6 Å². The van der Waals surface area contributed by atoms with E-state index in [4.69, 9.17) is 11.6 Å². The summed E-state index contributed by atoms with van der Waals surface area (Å²) >= 11 is 5.92. The molecule has 2 amide bonds. The molecule has 1 fully saturated rings. The monoisotopic (exact) mass is 389 g/mol. The van der Waals surface area contributed by atoms with E-state index in [-0.39, 0.29) is 17.7 Å². The number of likely N-dealkylation sites (tertiary alicyclic amines) is 1. The van der Waals surface area contributed by atoms with E-state index in [9.17, 15) is 9.59 Å². The zero-order chi connectivity index (χ0) is 19.4. The van der Waals surface area contributed by atoms with Crippen molar-refractivity contribution in [3.63, 3.8) is 0 Å². The van der Waals surface area contributed by atoms with Gasteiger partial charge < -0.3 is 14.4 Å². The van der Waals surface area contributed by atoms with Crippen molar-refractivity contribution in [1.29, 1.82) is 0 Å². The molecule has 8 heteroatoms. The van der Waals surface area contributed by atoms with Crippen molar-refractivity contribution < 1.29 is 9.59 Å². The molecule has 3 rings (SSSR count). The first-order valence-electron chi connectivity index (χ1n) is 9.11. The van der Waals surface area contributed by atoms with E-state index < -0.39 is 0 Å². The van der Waals surface area contributed by atoms with E-state index in [1.54, 1.807) is 23.2 Å². The predicted octanol–water partition coefficient (Wildman–Crippen LogP) is 2.35. The summed E-state index contributed by atoms with van der Waals surface area (Å²) in [5.74, 6) is 0.688. The number of halogens is 1. The molecule has 2 aromatic rings. The Labute approximate surface area is 163 Å². The lowest BCUT2D eigenvalue weighted by molar-refractivity contribution is -0.143. The van der Waals surface area contributed by atoms with E-state index in [0.29, 0.717) is 37.5 Å². The van der Waals surface area contributed by atoms with Gasteiger partial charge in [-0.25, -0.2) is 0 Å². The van der Waals surface area contributed by atoms with Gasteiger partial charge in [-0.1, -0.05) is 23.7 Å². The van der Waals surface area contributed by atoms with Crippen molar-refractivity contribution in [2.75, 3.05) is 13.6 Å². The van der Waals surface area contributed by atoms with Gasteiger partial charge in [0.25, 0.3) is 0 Å². The van der Waals surface area contributed by atoms with Crippen molar-refractivity contribution in [2.24, 2.45) is 5.92 Å². The molecule has 1 atom stereocenters. The fourth-order valence-electron chi connectivity index (χ4n) is 3.35. The summed E-state index contributed by atoms with van der Waals surface area (Å²) in [4.78, 5) is 28.6. The molecule has 0 aliphatic carbocycles. The molecule has 1 saturated heterocycles. The second-order valence-electron chi connectivity index (χ2n) is 6.86. The van der Waals surface area contributed by atoms with Crippen molar-refractivity contribution in [3.05, 3.63) is 47.0 Å². The summed E-state index contributed by atoms with van der Waals surface area (Å²) in [6.45, 7) is 4.11. The molecule has 0 bridgehead atoms. The number of hydrogen-bond acceptors (Lipinski definition) is 4. The summed E-state index contributed by atoms with van der Waals surface area (Å²) in [5, 5.41) is 8.66. The van der Waals surface area contributed by atoms with Crippen LogP contribution < -0.4 is 0 Å². The Morgan fingerprint density at radius 1 is 1.33 bits per heavy atom. The average Bonchev–Trinajstić information content (AvgIpc) is 3.11. The molecule has 0 saturated carbocycles. The summed E-state index contributed by atoms with van der Waals surface area (Å²) in [6, 6.07) is 7.44. The summed E-state index contributed by atoms with van der Waals surface area (Å²) in [5.41, 5.74) is 1.00. The number of benzene rings is 1. The SMILES string of the molecule is CCn1cnnc1CN(C)C(=O)[C@H]1CCC(=O)N(Cc2ccc(Cl)cc2)C1. The van der Waals surface area contributed by atoms with Crippen LogP contribution in [0.25, 0.3) is 0 Å². The molecule has 2 heterocycles. The van der Waals surface area contributed by atoms with E-state index in [1.807, 2.05) is 35.8 Å². The van der Waals surface area contributed by atoms with Gasteiger partial charge >= 0.3 is 0 Å². The van der Waals surface area contributed by atoms with Crippen molar-refractivity contribution in [1.82, 2.24) is 24.6 Å². The average molecular weight is 390 g/mol. The maximum absolute atomic E-state index is 12.9. The zero-order valence-corrected chi connectivity index (χ0v) is 16.4. The van der Waals surface area contributed by atoms with Gasteiger partial charge in [0, 0.05) is 38.1 Å². The van der Waals surface area contributed by atoms with Crippen LogP contribution in [0.1, 0.15) is 31.2 Å². The second kappa shape index (κ2) is 8.52. The molecule has 144 valence electrons. The number of aryl methyl sites for hydroxylation is 1. The number of aromatic nitrogens is 3. The highest BCUT2D eigenvalue weighted by Crippen LogP contribution is 2.22. The lowest BCUT2D eigenvalue weighted by atomic mass is 9.95. The molecule has 0 N–H and O–H groups in total. The molecule has 7 nitrogen and oxygen atoms in total. The summed E-state index contributed by atoms with van der Waals surface area (Å²) in [6.07, 6.45) is 2.64. The fraction of sp³-hybridized carbons (Fsp3) is 0.474. The first-order valence-corrected chi connectivity index (χ1v) is 9.49. The van der Waals surface area contributed by atoms with Gasteiger partial charge in [-0.05, 0) is 31.0 Å². The van der Waals surface area contributed by atoms with Crippen molar-refractivity contribution >= 4 is 23.4 Å². The van der Waals surface area contributed by atoms with E-state index in [1.165, 1.54) is 0 Å². The van der Waals surface area contributed by atoms with Crippen LogP contribution in [0.3, 0.4) is 0 Å². The minimum Gasteiger partial charge on any atom is -0.338 e. The molecule has 0 radical (unpaired) electrons. The van der Waals surface area contributed by atoms with Crippen LogP contribution in [-0.2, 0) is 29.2 Å². The van der Waals surface area contributed by atoms with Gasteiger partial charge in [0.15, 0.2) is 5.82 Å². The number of nitrogens with zero attached hydrogens (tertiary/aromatic N) is 5. The van der Waals surface area contributed by atoms with E-state index in [0.717, 1.165) is 17.9 Å². The standard InChI is InChI=1S/C19H24ClN5O2/c1-3-24-13-21-22-17(24)12-23(2)19(27)15-6-9-18(26)25(11-15)10-14-4-7-16(20)8-5-14/h4-5,7-8,13,15H,3,6,9-12H2,1-2H3/t15-/m0/s1. The first-order chi connectivity index (χ1) is 13.0. The molecule has 1 aromatic carbocycles. The molecule has 0 spiro atoms. The largest absolute Gasteiger partial charge is 0.338 e. The van der Waals surface area contributed by atoms with E-state index in [2.05, 4.69) is 10.2 Å². The Morgan fingerprint density at radius 3 is 2.78 bits per heavy atom. The molecule has 0 unspecified atom stereocenters. The molecular weight excluding hydrogens is 366 g/mol. The maximum Gasteiger partial charge on any atom is 0.227 e. The summed E-state index contributed by atoms with van der Waals surface area (Å²) in [7, 11) is 1.77. The zero-order valence-electron chi connectivity index (χ0n) is 15.6. The van der Waals surface area contributed by atoms with Gasteiger partial charge in [0.1, 0.15) is 6.33 Å². The number of piperidine rings is 1. The number of carbonyl (C=O) groups excluding carboxylic acids is 2. The predicted molar refractivity (Wildman–Crippen MR) is 102 cm³/mol. The molecule has 1 aliphatic rings. The third-order valence-corrected chi connectivity index (χ3v) is 5.18. The number of rotatable bonds is 6. The van der Waals surface area contributed by atoms with Gasteiger partial charge in [-0.15, -0.1) is 10.2 Å². The lowest BCUT2D eigenvalue weighted by Crippen LogP contribution is -2.45. The minimum atomic E-state index is -0.196. The second-order valence-corrected chi connectivity index (χ2v) is 7.30. The van der Waals surface area contributed by atoms with Crippen LogP contribution in [-0.4, -0.2) is 50.0 Å². The van der Waals surface area contributed by atoms with Crippen molar-refractivity contribution in [3.8, 4) is 0 Å². The maximum atomic E-state index is 12.9. The van der Waals surface area contributed by atoms with Crippen LogP contribution in [0, 0.1) is 5.92 Å². The van der Waals surface area contributed by atoms with Crippen LogP contribution in [0.15, 0.2) is 30.6 Å².